The Morgan fingerprint density at radius 3 is 1.90 bits per heavy atom. The quantitative estimate of drug-likeness (QED) is 0.610. The predicted octanol–water partition coefficient (Wildman–Crippen LogP) is 0.464. The van der Waals surface area contributed by atoms with Crippen molar-refractivity contribution in [2.24, 2.45) is 10.6 Å². The van der Waals surface area contributed by atoms with Crippen LogP contribution in [0.15, 0.2) is 0 Å². The highest BCUT2D eigenvalue weighted by Crippen LogP contribution is 2.42. The van der Waals surface area contributed by atoms with E-state index in [4.69, 9.17) is 5.14 Å². The van der Waals surface area contributed by atoms with E-state index in [0.29, 0.717) is 12.8 Å². The van der Waals surface area contributed by atoms with Crippen molar-refractivity contribution in [3.05, 3.63) is 0 Å². The molecule has 0 heterocycles. The Morgan fingerprint density at radius 1 is 1.40 bits per heavy atom. The van der Waals surface area contributed by atoms with Gasteiger partial charge in [0.15, 0.2) is 0 Å². The fourth-order valence-electron chi connectivity index (χ4n) is 1.41. The van der Waals surface area contributed by atoms with E-state index >= 15 is 0 Å². The van der Waals surface area contributed by atoms with Crippen LogP contribution in [0, 0.1) is 5.41 Å². The lowest BCUT2D eigenvalue weighted by Crippen LogP contribution is -2.44. The molecule has 0 bridgehead atoms. The lowest BCUT2D eigenvalue weighted by molar-refractivity contribution is 0.194. The molecule has 0 aliphatic heterocycles. The molecule has 1 aliphatic carbocycles. The summed E-state index contributed by atoms with van der Waals surface area (Å²) in [5.41, 5.74) is 0.192. The molecular formula is C6H13NO2S. The summed E-state index contributed by atoms with van der Waals surface area (Å²) < 4.78 is 21.4. The highest BCUT2D eigenvalue weighted by molar-refractivity contribution is 7.89. The SMILES string of the molecule is CC1(C)CC(S(N)(=O)=O)C1. The molecule has 0 saturated heterocycles. The molecular weight excluding hydrogens is 150 g/mol. The van der Waals surface area contributed by atoms with Gasteiger partial charge in [-0.3, -0.25) is 0 Å². The summed E-state index contributed by atoms with van der Waals surface area (Å²) in [5.74, 6) is 0. The first kappa shape index (κ1) is 8.01. The summed E-state index contributed by atoms with van der Waals surface area (Å²) >= 11 is 0. The van der Waals surface area contributed by atoms with Crippen LogP contribution in [0.4, 0.5) is 0 Å². The van der Waals surface area contributed by atoms with E-state index in [1.54, 1.807) is 0 Å². The van der Waals surface area contributed by atoms with Crippen LogP contribution in [0.5, 0.6) is 0 Å². The predicted molar refractivity (Wildman–Crippen MR) is 39.9 cm³/mol. The Labute approximate surface area is 61.7 Å². The van der Waals surface area contributed by atoms with Crippen LogP contribution in [-0.2, 0) is 10.0 Å². The van der Waals surface area contributed by atoms with Crippen LogP contribution in [-0.4, -0.2) is 13.7 Å². The third kappa shape index (κ3) is 1.49. The minimum atomic E-state index is -3.24. The van der Waals surface area contributed by atoms with Gasteiger partial charge in [-0.15, -0.1) is 0 Å². The van der Waals surface area contributed by atoms with E-state index < -0.39 is 10.0 Å². The molecule has 10 heavy (non-hydrogen) atoms. The molecule has 1 fully saturated rings. The minimum Gasteiger partial charge on any atom is -0.228 e. The van der Waals surface area contributed by atoms with Crippen LogP contribution in [0.3, 0.4) is 0 Å². The van der Waals surface area contributed by atoms with Crippen LogP contribution in [0.2, 0.25) is 0 Å². The normalized spacial score (nSPS) is 25.9. The van der Waals surface area contributed by atoms with Gasteiger partial charge in [-0.2, -0.15) is 0 Å². The van der Waals surface area contributed by atoms with E-state index in [1.165, 1.54) is 0 Å². The fourth-order valence-corrected chi connectivity index (χ4v) is 2.77. The van der Waals surface area contributed by atoms with Crippen molar-refractivity contribution >= 4 is 10.0 Å². The van der Waals surface area contributed by atoms with Crippen molar-refractivity contribution in [2.45, 2.75) is 31.9 Å². The Balaban J connectivity index is 2.57. The molecule has 2 N–H and O–H groups in total. The monoisotopic (exact) mass is 163 g/mol. The smallest absolute Gasteiger partial charge is 0.212 e. The Kier molecular flexibility index (Phi) is 1.56. The first-order chi connectivity index (χ1) is 4.31. The topological polar surface area (TPSA) is 60.2 Å². The molecule has 1 rings (SSSR count). The van der Waals surface area contributed by atoms with Gasteiger partial charge >= 0.3 is 0 Å². The molecule has 0 unspecified atom stereocenters. The average molecular weight is 163 g/mol. The molecule has 0 aromatic carbocycles. The van der Waals surface area contributed by atoms with Gasteiger partial charge in [0.05, 0.1) is 5.25 Å². The third-order valence-corrected chi connectivity index (χ3v) is 3.29. The highest BCUT2D eigenvalue weighted by atomic mass is 32.2. The first-order valence-corrected chi connectivity index (χ1v) is 4.94. The number of primary sulfonamides is 1. The summed E-state index contributed by atoms with van der Waals surface area (Å²) in [7, 11) is -3.24. The van der Waals surface area contributed by atoms with Crippen molar-refractivity contribution in [3.63, 3.8) is 0 Å². The van der Waals surface area contributed by atoms with Crippen LogP contribution < -0.4 is 5.14 Å². The summed E-state index contributed by atoms with van der Waals surface area (Å²) in [6.45, 7) is 4.10. The number of nitrogens with two attached hydrogens (primary N) is 1. The molecule has 0 radical (unpaired) electrons. The maximum Gasteiger partial charge on any atom is 0.212 e. The van der Waals surface area contributed by atoms with Gasteiger partial charge in [0.1, 0.15) is 0 Å². The maximum absolute atomic E-state index is 10.7. The Bertz CT molecular complexity index is 222. The lowest BCUT2D eigenvalue weighted by Gasteiger charge is -2.40. The van der Waals surface area contributed by atoms with Gasteiger partial charge in [0.25, 0.3) is 0 Å². The van der Waals surface area contributed by atoms with E-state index in [0.717, 1.165) is 0 Å². The molecule has 0 atom stereocenters. The molecule has 3 nitrogen and oxygen atoms in total. The Hall–Kier alpha value is -0.0900. The standard InChI is InChI=1S/C6H13NO2S/c1-6(2)3-5(4-6)10(7,8)9/h5H,3-4H2,1-2H3,(H2,7,8,9). The molecule has 1 saturated carbocycles. The lowest BCUT2D eigenvalue weighted by atomic mass is 9.72. The van der Waals surface area contributed by atoms with E-state index in [2.05, 4.69) is 13.8 Å². The minimum absolute atomic E-state index is 0.192. The fraction of sp³-hybridized carbons (Fsp3) is 1.00. The number of rotatable bonds is 1. The summed E-state index contributed by atoms with van der Waals surface area (Å²) in [5, 5.41) is 4.66. The first-order valence-electron chi connectivity index (χ1n) is 3.33. The van der Waals surface area contributed by atoms with Crippen LogP contribution in [0.1, 0.15) is 26.7 Å². The highest BCUT2D eigenvalue weighted by Gasteiger charge is 2.42. The zero-order chi connectivity index (χ0) is 7.99. The largest absolute Gasteiger partial charge is 0.228 e. The van der Waals surface area contributed by atoms with Crippen molar-refractivity contribution in [1.82, 2.24) is 0 Å². The van der Waals surface area contributed by atoms with Crippen molar-refractivity contribution < 1.29 is 8.42 Å². The van der Waals surface area contributed by atoms with E-state index in [9.17, 15) is 8.42 Å². The molecule has 0 aromatic rings. The number of sulfonamides is 1. The zero-order valence-corrected chi connectivity index (χ0v) is 7.11. The molecule has 1 aliphatic rings. The second-order valence-electron chi connectivity index (χ2n) is 3.78. The molecule has 60 valence electrons. The van der Waals surface area contributed by atoms with Gasteiger partial charge in [-0.05, 0) is 18.3 Å². The third-order valence-electron chi connectivity index (χ3n) is 2.03. The number of hydrogen-bond acceptors (Lipinski definition) is 2. The van der Waals surface area contributed by atoms with Crippen LogP contribution >= 0.6 is 0 Å². The molecule has 4 heteroatoms. The number of hydrogen-bond donors (Lipinski definition) is 1. The molecule has 0 amide bonds. The second-order valence-corrected chi connectivity index (χ2v) is 5.63. The van der Waals surface area contributed by atoms with Gasteiger partial charge in [0, 0.05) is 0 Å². The van der Waals surface area contributed by atoms with Crippen molar-refractivity contribution in [2.75, 3.05) is 0 Å². The zero-order valence-electron chi connectivity index (χ0n) is 6.29. The maximum atomic E-state index is 10.7. The van der Waals surface area contributed by atoms with E-state index in [-0.39, 0.29) is 10.7 Å². The van der Waals surface area contributed by atoms with Gasteiger partial charge in [0.2, 0.25) is 10.0 Å². The van der Waals surface area contributed by atoms with Crippen LogP contribution in [0.25, 0.3) is 0 Å². The summed E-state index contributed by atoms with van der Waals surface area (Å²) in [6.07, 6.45) is 1.43. The van der Waals surface area contributed by atoms with Crippen molar-refractivity contribution in [3.8, 4) is 0 Å². The van der Waals surface area contributed by atoms with Gasteiger partial charge in [-0.25, -0.2) is 13.6 Å². The second kappa shape index (κ2) is 1.95. The molecule has 0 aromatic heterocycles. The average Bonchev–Trinajstić information content (AvgIpc) is 1.56. The summed E-state index contributed by atoms with van der Waals surface area (Å²) in [4.78, 5) is 0. The Morgan fingerprint density at radius 2 is 1.80 bits per heavy atom. The molecule has 0 spiro atoms. The van der Waals surface area contributed by atoms with Gasteiger partial charge < -0.3 is 0 Å². The van der Waals surface area contributed by atoms with Gasteiger partial charge in [-0.1, -0.05) is 13.8 Å². The summed E-state index contributed by atoms with van der Waals surface area (Å²) in [6, 6.07) is 0. The van der Waals surface area contributed by atoms with E-state index in [1.807, 2.05) is 0 Å². The van der Waals surface area contributed by atoms with Crippen molar-refractivity contribution in [1.29, 1.82) is 0 Å².